The van der Waals surface area contributed by atoms with Crippen molar-refractivity contribution in [3.05, 3.63) is 70.8 Å². The summed E-state index contributed by atoms with van der Waals surface area (Å²) < 4.78 is 26.5. The number of aryl methyl sites for hydroxylation is 1. The Kier molecular flexibility index (Phi) is 7.15. The number of rotatable bonds is 7. The zero-order valence-electron chi connectivity index (χ0n) is 14.5. The Balaban J connectivity index is 1.97. The largest absolute Gasteiger partial charge is 0.357 e. The number of hydrogen-bond donors (Lipinski definition) is 2. The number of carbonyl (C=O) groups excluding carboxylic acids is 2. The van der Waals surface area contributed by atoms with Crippen LogP contribution in [0.3, 0.4) is 0 Å². The Bertz CT molecular complexity index is 799. The van der Waals surface area contributed by atoms with E-state index in [4.69, 9.17) is 0 Å². The molecule has 0 spiro atoms. The third-order valence-electron chi connectivity index (χ3n) is 3.68. The minimum Gasteiger partial charge on any atom is -0.357 e. The van der Waals surface area contributed by atoms with Gasteiger partial charge in [0, 0.05) is 12.8 Å². The van der Waals surface area contributed by atoms with Gasteiger partial charge in [0.1, 0.15) is 6.04 Å². The fraction of sp³-hybridized carbons (Fsp3) is 0.263. The molecule has 4 nitrogen and oxygen atoms in total. The Morgan fingerprint density at radius 2 is 1.88 bits per heavy atom. The van der Waals surface area contributed by atoms with Crippen molar-refractivity contribution < 1.29 is 18.4 Å². The number of thioether (sulfide) groups is 1. The van der Waals surface area contributed by atoms with Gasteiger partial charge in [0.25, 0.3) is 0 Å². The Morgan fingerprint density at radius 1 is 1.12 bits per heavy atom. The summed E-state index contributed by atoms with van der Waals surface area (Å²) in [4.78, 5) is 24.2. The number of hydrogen-bond acceptors (Lipinski definition) is 3. The van der Waals surface area contributed by atoms with Crippen molar-refractivity contribution in [1.29, 1.82) is 0 Å². The van der Waals surface area contributed by atoms with E-state index in [1.165, 1.54) is 24.9 Å². The first-order valence-electron chi connectivity index (χ1n) is 8.00. The summed E-state index contributed by atoms with van der Waals surface area (Å²) in [6, 6.07) is 10.0. The molecule has 0 saturated heterocycles. The second kappa shape index (κ2) is 9.33. The van der Waals surface area contributed by atoms with Crippen molar-refractivity contribution in [3.8, 4) is 0 Å². The molecule has 0 aromatic heterocycles. The van der Waals surface area contributed by atoms with Crippen molar-refractivity contribution in [2.75, 3.05) is 12.8 Å². The molecule has 2 rings (SSSR count). The maximum absolute atomic E-state index is 13.4. The molecule has 2 amide bonds. The smallest absolute Gasteiger partial charge is 0.246 e. The molecule has 1 unspecified atom stereocenters. The normalized spacial score (nSPS) is 11.7. The van der Waals surface area contributed by atoms with E-state index in [1.54, 1.807) is 0 Å². The summed E-state index contributed by atoms with van der Waals surface area (Å²) in [7, 11) is 1.41. The van der Waals surface area contributed by atoms with Gasteiger partial charge in [0.2, 0.25) is 11.8 Å². The molecule has 0 aliphatic carbocycles. The zero-order chi connectivity index (χ0) is 19.1. The van der Waals surface area contributed by atoms with Crippen LogP contribution in [0, 0.1) is 18.6 Å². The van der Waals surface area contributed by atoms with Crippen LogP contribution in [0.15, 0.2) is 42.5 Å². The third-order valence-corrected chi connectivity index (χ3v) is 4.68. The van der Waals surface area contributed by atoms with Crippen molar-refractivity contribution in [2.24, 2.45) is 0 Å². The van der Waals surface area contributed by atoms with Gasteiger partial charge in [-0.2, -0.15) is 0 Å². The lowest BCUT2D eigenvalue weighted by molar-refractivity contribution is -0.127. The van der Waals surface area contributed by atoms with Crippen molar-refractivity contribution in [3.63, 3.8) is 0 Å². The molecule has 2 N–H and O–H groups in total. The standard InChI is InChI=1S/C19H20F2N2O2S/c1-12-4-3-5-13(8-12)10-26-11-17(24)23-18(19(25)22-2)14-6-7-15(20)16(21)9-14/h3-9,18H,10-11H2,1-2H3,(H,22,25)(H,23,24). The van der Waals surface area contributed by atoms with E-state index in [-0.39, 0.29) is 17.2 Å². The lowest BCUT2D eigenvalue weighted by Crippen LogP contribution is -2.39. The number of carbonyl (C=O) groups is 2. The molecule has 0 aliphatic rings. The molecular formula is C19H20F2N2O2S. The monoisotopic (exact) mass is 378 g/mol. The highest BCUT2D eigenvalue weighted by Crippen LogP contribution is 2.18. The molecule has 0 heterocycles. The van der Waals surface area contributed by atoms with Gasteiger partial charge in [-0.05, 0) is 30.2 Å². The minimum atomic E-state index is -1.08. The first kappa shape index (κ1) is 19.9. The van der Waals surface area contributed by atoms with Crippen LogP contribution in [-0.2, 0) is 15.3 Å². The summed E-state index contributed by atoms with van der Waals surface area (Å²) in [6.45, 7) is 2.00. The number of benzene rings is 2. The predicted molar refractivity (Wildman–Crippen MR) is 98.6 cm³/mol. The molecule has 138 valence electrons. The average molecular weight is 378 g/mol. The minimum absolute atomic E-state index is 0.144. The maximum atomic E-state index is 13.4. The van der Waals surface area contributed by atoms with Crippen LogP contribution in [0.1, 0.15) is 22.7 Å². The molecular weight excluding hydrogens is 358 g/mol. The fourth-order valence-electron chi connectivity index (χ4n) is 2.40. The fourth-order valence-corrected chi connectivity index (χ4v) is 3.19. The Morgan fingerprint density at radius 3 is 2.54 bits per heavy atom. The first-order valence-corrected chi connectivity index (χ1v) is 9.15. The highest BCUT2D eigenvalue weighted by Gasteiger charge is 2.22. The van der Waals surface area contributed by atoms with Gasteiger partial charge in [-0.15, -0.1) is 11.8 Å². The molecule has 1 atom stereocenters. The first-order chi connectivity index (χ1) is 12.4. The van der Waals surface area contributed by atoms with E-state index in [9.17, 15) is 18.4 Å². The predicted octanol–water partition coefficient (Wildman–Crippen LogP) is 3.11. The molecule has 2 aromatic rings. The van der Waals surface area contributed by atoms with Gasteiger partial charge in [-0.25, -0.2) is 8.78 Å². The van der Waals surface area contributed by atoms with Gasteiger partial charge in [0.05, 0.1) is 5.75 Å². The number of amides is 2. The summed E-state index contributed by atoms with van der Waals surface area (Å²) in [5.74, 6) is -2.14. The topological polar surface area (TPSA) is 58.2 Å². The summed E-state index contributed by atoms with van der Waals surface area (Å²) in [5.41, 5.74) is 2.43. The van der Waals surface area contributed by atoms with Crippen LogP contribution in [0.2, 0.25) is 0 Å². The SMILES string of the molecule is CNC(=O)C(NC(=O)CSCc1cccc(C)c1)c1ccc(F)c(F)c1. The van der Waals surface area contributed by atoms with E-state index in [0.29, 0.717) is 5.75 Å². The van der Waals surface area contributed by atoms with Gasteiger partial charge in [-0.3, -0.25) is 9.59 Å². The lowest BCUT2D eigenvalue weighted by atomic mass is 10.1. The van der Waals surface area contributed by atoms with Gasteiger partial charge in [0.15, 0.2) is 11.6 Å². The van der Waals surface area contributed by atoms with E-state index < -0.39 is 23.6 Å². The van der Waals surface area contributed by atoms with Crippen LogP contribution in [0.4, 0.5) is 8.78 Å². The lowest BCUT2D eigenvalue weighted by Gasteiger charge is -2.18. The van der Waals surface area contributed by atoms with Gasteiger partial charge in [-0.1, -0.05) is 35.9 Å². The van der Waals surface area contributed by atoms with Gasteiger partial charge >= 0.3 is 0 Å². The maximum Gasteiger partial charge on any atom is 0.246 e. The quantitative estimate of drug-likeness (QED) is 0.778. The molecule has 0 saturated carbocycles. The molecule has 0 radical (unpaired) electrons. The summed E-state index contributed by atoms with van der Waals surface area (Å²) >= 11 is 1.41. The van der Waals surface area contributed by atoms with Gasteiger partial charge < -0.3 is 10.6 Å². The van der Waals surface area contributed by atoms with Crippen molar-refractivity contribution in [2.45, 2.75) is 18.7 Å². The second-order valence-electron chi connectivity index (χ2n) is 5.77. The zero-order valence-corrected chi connectivity index (χ0v) is 15.3. The molecule has 0 aliphatic heterocycles. The van der Waals surface area contributed by atoms with Crippen molar-refractivity contribution >= 4 is 23.6 Å². The Hall–Kier alpha value is -2.41. The second-order valence-corrected chi connectivity index (χ2v) is 6.76. The van der Waals surface area contributed by atoms with E-state index in [2.05, 4.69) is 10.6 Å². The molecule has 26 heavy (non-hydrogen) atoms. The van der Waals surface area contributed by atoms with Crippen LogP contribution in [0.25, 0.3) is 0 Å². The molecule has 0 fully saturated rings. The molecule has 7 heteroatoms. The third kappa shape index (κ3) is 5.56. The highest BCUT2D eigenvalue weighted by molar-refractivity contribution is 7.99. The van der Waals surface area contributed by atoms with Crippen molar-refractivity contribution in [1.82, 2.24) is 10.6 Å². The van der Waals surface area contributed by atoms with E-state index in [1.807, 2.05) is 31.2 Å². The number of likely N-dealkylation sites (N-methyl/N-ethyl adjacent to an activating group) is 1. The van der Waals surface area contributed by atoms with Crippen LogP contribution in [0.5, 0.6) is 0 Å². The summed E-state index contributed by atoms with van der Waals surface area (Å²) in [5, 5.41) is 4.98. The van der Waals surface area contributed by atoms with E-state index in [0.717, 1.165) is 23.3 Å². The molecule has 2 aromatic carbocycles. The number of halogens is 2. The highest BCUT2D eigenvalue weighted by atomic mass is 32.2. The number of nitrogens with one attached hydrogen (secondary N) is 2. The molecule has 0 bridgehead atoms. The van der Waals surface area contributed by atoms with Crippen LogP contribution >= 0.6 is 11.8 Å². The summed E-state index contributed by atoms with van der Waals surface area (Å²) in [6.07, 6.45) is 0. The Labute approximate surface area is 155 Å². The average Bonchev–Trinajstić information content (AvgIpc) is 2.61. The van der Waals surface area contributed by atoms with Crippen LogP contribution < -0.4 is 10.6 Å². The van der Waals surface area contributed by atoms with Crippen LogP contribution in [-0.4, -0.2) is 24.6 Å². The van der Waals surface area contributed by atoms with E-state index >= 15 is 0 Å².